The van der Waals surface area contributed by atoms with Crippen molar-refractivity contribution in [3.05, 3.63) is 109 Å². The van der Waals surface area contributed by atoms with Crippen LogP contribution >= 0.6 is 0 Å². The molecular weight excluding hydrogens is 350 g/mol. The van der Waals surface area contributed by atoms with Crippen molar-refractivity contribution in [2.75, 3.05) is 0 Å². The average Bonchev–Trinajstić information content (AvgIpc) is 3.17. The molecule has 0 saturated heterocycles. The van der Waals surface area contributed by atoms with Gasteiger partial charge in [-0.25, -0.2) is 0 Å². The van der Waals surface area contributed by atoms with E-state index >= 15 is 0 Å². The molecule has 1 heterocycles. The molecule has 6 rings (SSSR count). The third-order valence-electron chi connectivity index (χ3n) is 5.82. The lowest BCUT2D eigenvalue weighted by atomic mass is 9.90. The van der Waals surface area contributed by atoms with E-state index < -0.39 is 0 Å². The van der Waals surface area contributed by atoms with Gasteiger partial charge in [0, 0.05) is 21.9 Å². The number of para-hydroxylation sites is 1. The van der Waals surface area contributed by atoms with E-state index in [4.69, 9.17) is 0 Å². The van der Waals surface area contributed by atoms with Gasteiger partial charge >= 0.3 is 0 Å². The Bertz CT molecular complexity index is 1480. The summed E-state index contributed by atoms with van der Waals surface area (Å²) in [6.07, 6.45) is 0. The topological polar surface area (TPSA) is 15.8 Å². The summed E-state index contributed by atoms with van der Waals surface area (Å²) in [4.78, 5) is 3.70. The van der Waals surface area contributed by atoms with E-state index in [-0.39, 0.29) is 0 Å². The molecule has 0 spiro atoms. The van der Waals surface area contributed by atoms with E-state index in [1.165, 1.54) is 54.8 Å². The van der Waals surface area contributed by atoms with Gasteiger partial charge in [0.15, 0.2) is 0 Å². The van der Waals surface area contributed by atoms with Gasteiger partial charge in [-0.3, -0.25) is 0 Å². The predicted octanol–water partition coefficient (Wildman–Crippen LogP) is 7.81. The molecule has 0 aliphatic carbocycles. The molecule has 0 amide bonds. The number of aromatic nitrogens is 1. The van der Waals surface area contributed by atoms with Crippen LogP contribution in [0.5, 0.6) is 0 Å². The first-order chi connectivity index (χ1) is 14.4. The van der Waals surface area contributed by atoms with Crippen LogP contribution in [0.2, 0.25) is 0 Å². The number of benzene rings is 5. The highest BCUT2D eigenvalue weighted by Crippen LogP contribution is 2.42. The lowest BCUT2D eigenvalue weighted by Gasteiger charge is -2.14. The van der Waals surface area contributed by atoms with Crippen molar-refractivity contribution in [1.82, 2.24) is 4.98 Å². The summed E-state index contributed by atoms with van der Waals surface area (Å²) in [5.41, 5.74) is 7.38. The van der Waals surface area contributed by atoms with Crippen molar-refractivity contribution in [2.45, 2.75) is 0 Å². The highest BCUT2D eigenvalue weighted by molar-refractivity contribution is 6.16. The fraction of sp³-hybridized carbons (Fsp3) is 0. The number of hydrogen-bond acceptors (Lipinski definition) is 0. The van der Waals surface area contributed by atoms with Crippen LogP contribution in [0.3, 0.4) is 0 Å². The maximum atomic E-state index is 3.70. The van der Waals surface area contributed by atoms with Gasteiger partial charge in [0.05, 0.1) is 5.52 Å². The zero-order chi connectivity index (χ0) is 19.2. The van der Waals surface area contributed by atoms with E-state index in [9.17, 15) is 0 Å². The summed E-state index contributed by atoms with van der Waals surface area (Å²) < 4.78 is 0. The van der Waals surface area contributed by atoms with Gasteiger partial charge < -0.3 is 4.98 Å². The van der Waals surface area contributed by atoms with Crippen LogP contribution in [0.15, 0.2) is 109 Å². The zero-order valence-corrected chi connectivity index (χ0v) is 15.9. The van der Waals surface area contributed by atoms with E-state index in [0.717, 1.165) is 0 Å². The highest BCUT2D eigenvalue weighted by Gasteiger charge is 2.16. The fourth-order valence-electron chi connectivity index (χ4n) is 4.51. The predicted molar refractivity (Wildman–Crippen MR) is 124 cm³/mol. The van der Waals surface area contributed by atoms with Gasteiger partial charge in [0.2, 0.25) is 0 Å². The number of rotatable bonds is 2. The lowest BCUT2D eigenvalue weighted by Crippen LogP contribution is -1.89. The molecule has 0 radical (unpaired) electrons. The number of fused-ring (bicyclic) bond motifs is 4. The molecular formula is C28H19N. The van der Waals surface area contributed by atoms with Gasteiger partial charge in [-0.15, -0.1) is 0 Å². The van der Waals surface area contributed by atoms with Crippen LogP contribution in [0.25, 0.3) is 54.8 Å². The summed E-state index contributed by atoms with van der Waals surface area (Å²) in [7, 11) is 0. The molecule has 1 nitrogen and oxygen atoms in total. The molecule has 0 unspecified atom stereocenters. The minimum absolute atomic E-state index is 1.18. The molecule has 0 aliphatic rings. The molecule has 29 heavy (non-hydrogen) atoms. The van der Waals surface area contributed by atoms with Gasteiger partial charge in [-0.05, 0) is 33.5 Å². The second kappa shape index (κ2) is 6.35. The first-order valence-corrected chi connectivity index (χ1v) is 9.97. The third kappa shape index (κ3) is 2.48. The van der Waals surface area contributed by atoms with E-state index in [1.54, 1.807) is 0 Å². The molecule has 0 aliphatic heterocycles. The Morgan fingerprint density at radius 2 is 1.17 bits per heavy atom. The van der Waals surface area contributed by atoms with Gasteiger partial charge in [0.1, 0.15) is 0 Å². The van der Waals surface area contributed by atoms with Gasteiger partial charge in [-0.2, -0.15) is 0 Å². The van der Waals surface area contributed by atoms with E-state index in [0.29, 0.717) is 0 Å². The van der Waals surface area contributed by atoms with Crippen LogP contribution in [0.4, 0.5) is 0 Å². The molecule has 136 valence electrons. The number of nitrogens with one attached hydrogen (secondary N) is 1. The summed E-state index contributed by atoms with van der Waals surface area (Å²) in [6.45, 7) is 0. The van der Waals surface area contributed by atoms with Crippen molar-refractivity contribution < 1.29 is 0 Å². The van der Waals surface area contributed by atoms with Gasteiger partial charge in [-0.1, -0.05) is 103 Å². The first kappa shape index (κ1) is 16.1. The molecule has 5 aromatic carbocycles. The molecule has 0 fully saturated rings. The average molecular weight is 369 g/mol. The molecule has 0 saturated carbocycles. The van der Waals surface area contributed by atoms with Crippen LogP contribution in [0.1, 0.15) is 0 Å². The fourth-order valence-corrected chi connectivity index (χ4v) is 4.51. The standard InChI is InChI=1S/C28H19N/c1-2-10-20(11-3-1)27-24(22-15-8-12-19-9-4-5-13-21(19)22)17-18-25-23-14-6-7-16-26(23)29-28(25)27/h1-18,29H. The normalized spacial score (nSPS) is 11.4. The lowest BCUT2D eigenvalue weighted by molar-refractivity contribution is 1.53. The van der Waals surface area contributed by atoms with Crippen molar-refractivity contribution >= 4 is 32.6 Å². The second-order valence-corrected chi connectivity index (χ2v) is 7.47. The first-order valence-electron chi connectivity index (χ1n) is 9.97. The number of aromatic amines is 1. The summed E-state index contributed by atoms with van der Waals surface area (Å²) in [5.74, 6) is 0. The molecule has 1 N–H and O–H groups in total. The maximum absolute atomic E-state index is 3.70. The molecule has 0 bridgehead atoms. The summed E-state index contributed by atoms with van der Waals surface area (Å²) in [6, 6.07) is 39.0. The Kier molecular flexibility index (Phi) is 3.54. The molecule has 0 atom stereocenters. The van der Waals surface area contributed by atoms with Crippen molar-refractivity contribution in [2.24, 2.45) is 0 Å². The molecule has 6 aromatic rings. The Morgan fingerprint density at radius 3 is 2.07 bits per heavy atom. The molecule has 1 aromatic heterocycles. The van der Waals surface area contributed by atoms with Gasteiger partial charge in [0.25, 0.3) is 0 Å². The van der Waals surface area contributed by atoms with E-state index in [2.05, 4.69) is 114 Å². The van der Waals surface area contributed by atoms with Crippen molar-refractivity contribution in [3.63, 3.8) is 0 Å². The Morgan fingerprint density at radius 1 is 0.448 bits per heavy atom. The van der Waals surface area contributed by atoms with Crippen LogP contribution in [-0.4, -0.2) is 4.98 Å². The zero-order valence-electron chi connectivity index (χ0n) is 15.9. The van der Waals surface area contributed by atoms with Crippen molar-refractivity contribution in [1.29, 1.82) is 0 Å². The number of hydrogen-bond donors (Lipinski definition) is 1. The Labute approximate surface area is 169 Å². The largest absolute Gasteiger partial charge is 0.354 e. The smallest absolute Gasteiger partial charge is 0.0550 e. The summed E-state index contributed by atoms with van der Waals surface area (Å²) in [5, 5.41) is 5.08. The monoisotopic (exact) mass is 369 g/mol. The SMILES string of the molecule is c1ccc(-c2c(-c3cccc4ccccc34)ccc3c2[nH]c2ccccc23)cc1. The summed E-state index contributed by atoms with van der Waals surface area (Å²) >= 11 is 0. The maximum Gasteiger partial charge on any atom is 0.0550 e. The highest BCUT2D eigenvalue weighted by atomic mass is 14.7. The van der Waals surface area contributed by atoms with Crippen molar-refractivity contribution in [3.8, 4) is 22.3 Å². The molecule has 1 heteroatoms. The number of H-pyrrole nitrogens is 1. The minimum Gasteiger partial charge on any atom is -0.354 e. The quantitative estimate of drug-likeness (QED) is 0.320. The minimum atomic E-state index is 1.18. The van der Waals surface area contributed by atoms with Crippen LogP contribution in [-0.2, 0) is 0 Å². The Balaban J connectivity index is 1.78. The van der Waals surface area contributed by atoms with Crippen LogP contribution in [0, 0.1) is 0 Å². The Hall–Kier alpha value is -3.84. The van der Waals surface area contributed by atoms with Crippen LogP contribution < -0.4 is 0 Å². The van der Waals surface area contributed by atoms with E-state index in [1.807, 2.05) is 0 Å². The third-order valence-corrected chi connectivity index (χ3v) is 5.82. The second-order valence-electron chi connectivity index (χ2n) is 7.47.